The highest BCUT2D eigenvalue weighted by Gasteiger charge is 2.25. The number of aromatic nitrogens is 4. The van der Waals surface area contributed by atoms with Gasteiger partial charge in [-0.3, -0.25) is 9.11 Å². The highest BCUT2D eigenvalue weighted by Crippen LogP contribution is 2.39. The van der Waals surface area contributed by atoms with Crippen molar-refractivity contribution < 1.29 is 46.4 Å². The molecule has 0 unspecified atom stereocenters. The van der Waals surface area contributed by atoms with Crippen molar-refractivity contribution in [1.29, 1.82) is 0 Å². The van der Waals surface area contributed by atoms with Gasteiger partial charge in [0.1, 0.15) is 32.8 Å². The molecule has 2 heterocycles. The first-order valence-electron chi connectivity index (χ1n) is 9.62. The Morgan fingerprint density at radius 1 is 0.667 bits per heavy atom. The van der Waals surface area contributed by atoms with Crippen LogP contribution in [0.5, 0.6) is 23.0 Å². The fraction of sp³-hybridized carbons (Fsp3) is 0.0500. The fourth-order valence-corrected chi connectivity index (χ4v) is 4.49. The van der Waals surface area contributed by atoms with E-state index in [0.29, 0.717) is 30.0 Å². The zero-order valence-corrected chi connectivity index (χ0v) is 19.6. The van der Waals surface area contributed by atoms with Crippen LogP contribution in [0.4, 0.5) is 0 Å². The Morgan fingerprint density at radius 3 is 1.44 bits per heavy atom. The van der Waals surface area contributed by atoms with Gasteiger partial charge in [0.05, 0.1) is 16.8 Å². The lowest BCUT2D eigenvalue weighted by atomic mass is 10.1. The molecule has 4 rings (SSSR count). The minimum absolute atomic E-state index is 0.0794. The maximum absolute atomic E-state index is 11.7. The molecule has 0 bridgehead atoms. The van der Waals surface area contributed by atoms with E-state index < -0.39 is 64.7 Å². The van der Waals surface area contributed by atoms with Crippen LogP contribution in [0, 0.1) is 0 Å². The van der Waals surface area contributed by atoms with Crippen molar-refractivity contribution >= 4 is 20.2 Å². The number of phenolic OH excluding ortho intramolecular Hbond substituents is 4. The van der Waals surface area contributed by atoms with Crippen molar-refractivity contribution in [2.24, 2.45) is 7.05 Å². The van der Waals surface area contributed by atoms with Gasteiger partial charge in [-0.1, -0.05) is 0 Å². The summed E-state index contributed by atoms with van der Waals surface area (Å²) in [4.78, 5) is 10.6. The zero-order chi connectivity index (χ0) is 26.6. The van der Waals surface area contributed by atoms with E-state index in [2.05, 4.69) is 15.0 Å². The van der Waals surface area contributed by atoms with Crippen LogP contribution in [0.1, 0.15) is 0 Å². The third kappa shape index (κ3) is 4.52. The third-order valence-electron chi connectivity index (χ3n) is 5.00. The molecule has 4 aromatic rings. The van der Waals surface area contributed by atoms with Crippen LogP contribution >= 0.6 is 0 Å². The molecule has 0 spiro atoms. The molecule has 2 aromatic carbocycles. The Labute approximate surface area is 202 Å². The van der Waals surface area contributed by atoms with E-state index >= 15 is 0 Å². The Hall–Kier alpha value is -4.25. The quantitative estimate of drug-likeness (QED) is 0.199. The van der Waals surface area contributed by atoms with E-state index in [9.17, 15) is 46.4 Å². The molecule has 14 nitrogen and oxygen atoms in total. The highest BCUT2D eigenvalue weighted by molar-refractivity contribution is 7.86. The van der Waals surface area contributed by atoms with Crippen LogP contribution in [0.15, 0.2) is 52.4 Å². The number of nitrogens with zero attached hydrogens (tertiary/aromatic N) is 4. The van der Waals surface area contributed by atoms with Crippen LogP contribution in [0.2, 0.25) is 0 Å². The van der Waals surface area contributed by atoms with Crippen LogP contribution in [0.3, 0.4) is 0 Å². The van der Waals surface area contributed by atoms with Gasteiger partial charge in [0.15, 0.2) is 17.5 Å². The number of rotatable bonds is 5. The molecule has 2 aromatic heterocycles. The van der Waals surface area contributed by atoms with E-state index in [1.807, 2.05) is 0 Å². The maximum Gasteiger partial charge on any atom is 0.298 e. The summed E-state index contributed by atoms with van der Waals surface area (Å²) in [5, 5.41) is 40.5. The number of aryl methyl sites for hydroxylation is 1. The lowest BCUT2D eigenvalue weighted by Gasteiger charge is -2.12. The van der Waals surface area contributed by atoms with Gasteiger partial charge in [0.2, 0.25) is 0 Å². The second-order valence-electron chi connectivity index (χ2n) is 7.43. The van der Waals surface area contributed by atoms with Gasteiger partial charge in [-0.05, 0) is 24.3 Å². The first kappa shape index (κ1) is 24.9. The highest BCUT2D eigenvalue weighted by atomic mass is 32.2. The topological polar surface area (TPSA) is 233 Å². The molecule has 0 fully saturated rings. The SMILES string of the molecule is Cn1cccc1-c1nc(-c2cc(S(=O)(=O)O)c(O)cc2O)nc(-c2cc(S(=O)(=O)O)c(O)cc2O)n1. The zero-order valence-electron chi connectivity index (χ0n) is 18.0. The third-order valence-corrected chi connectivity index (χ3v) is 6.77. The molecule has 16 heteroatoms. The summed E-state index contributed by atoms with van der Waals surface area (Å²) < 4.78 is 67.1. The molecule has 0 aliphatic carbocycles. The molecule has 188 valence electrons. The van der Waals surface area contributed by atoms with E-state index in [1.165, 1.54) is 0 Å². The normalized spacial score (nSPS) is 12.1. The predicted octanol–water partition coefficient (Wildman–Crippen LogP) is 1.53. The molecule has 0 atom stereocenters. The van der Waals surface area contributed by atoms with Crippen molar-refractivity contribution in [2.45, 2.75) is 9.79 Å². The summed E-state index contributed by atoms with van der Waals surface area (Å²) in [5.74, 6) is -4.18. The minimum atomic E-state index is -4.94. The Balaban J connectivity index is 2.07. The van der Waals surface area contributed by atoms with Gasteiger partial charge in [0, 0.05) is 25.4 Å². The minimum Gasteiger partial charge on any atom is -0.507 e. The molecule has 0 radical (unpaired) electrons. The number of hydrogen-bond donors (Lipinski definition) is 6. The van der Waals surface area contributed by atoms with Gasteiger partial charge in [-0.15, -0.1) is 0 Å². The van der Waals surface area contributed by atoms with Crippen molar-refractivity contribution in [3.05, 3.63) is 42.6 Å². The average molecular weight is 537 g/mol. The first-order valence-corrected chi connectivity index (χ1v) is 12.5. The number of benzene rings is 2. The number of phenols is 4. The average Bonchev–Trinajstić information content (AvgIpc) is 3.17. The summed E-state index contributed by atoms with van der Waals surface area (Å²) in [5.41, 5.74) is -0.387. The van der Waals surface area contributed by atoms with E-state index in [1.54, 1.807) is 29.9 Å². The van der Waals surface area contributed by atoms with Gasteiger partial charge < -0.3 is 25.0 Å². The molecule has 0 saturated heterocycles. The molecule has 0 amide bonds. The van der Waals surface area contributed by atoms with E-state index in [-0.39, 0.29) is 17.0 Å². The van der Waals surface area contributed by atoms with Crippen LogP contribution < -0.4 is 0 Å². The van der Waals surface area contributed by atoms with Crippen LogP contribution in [-0.2, 0) is 27.3 Å². The van der Waals surface area contributed by atoms with E-state index in [0.717, 1.165) is 0 Å². The summed E-state index contributed by atoms with van der Waals surface area (Å²) >= 11 is 0. The second kappa shape index (κ2) is 8.45. The lowest BCUT2D eigenvalue weighted by molar-refractivity contribution is 0.429. The summed E-state index contributed by atoms with van der Waals surface area (Å²) in [6.07, 6.45) is 1.64. The summed E-state index contributed by atoms with van der Waals surface area (Å²) in [7, 11) is -8.23. The Kier molecular flexibility index (Phi) is 5.84. The molecule has 0 saturated carbocycles. The van der Waals surface area contributed by atoms with Gasteiger partial charge in [-0.25, -0.2) is 15.0 Å². The van der Waals surface area contributed by atoms with E-state index in [4.69, 9.17) is 0 Å². The van der Waals surface area contributed by atoms with Gasteiger partial charge in [0.25, 0.3) is 20.2 Å². The van der Waals surface area contributed by atoms with Crippen molar-refractivity contribution in [3.8, 4) is 57.3 Å². The molecule has 0 aliphatic rings. The fourth-order valence-electron chi connectivity index (χ4n) is 3.31. The summed E-state index contributed by atoms with van der Waals surface area (Å²) in [6, 6.07) is 5.91. The standard InChI is InChI=1S/C20H16N4O10S2/c1-24-4-2-3-11(24)20-22-18(9-5-16(35(29,30)31)14(27)7-12(9)25)21-19(23-20)10-6-17(36(32,33)34)15(28)8-13(10)26/h2-8,25-28H,1H3,(H,29,30,31)(H,32,33,34). The largest absolute Gasteiger partial charge is 0.507 e. The molecule has 36 heavy (non-hydrogen) atoms. The smallest absolute Gasteiger partial charge is 0.298 e. The molecule has 0 aliphatic heterocycles. The van der Waals surface area contributed by atoms with Crippen molar-refractivity contribution in [1.82, 2.24) is 19.5 Å². The lowest BCUT2D eigenvalue weighted by Crippen LogP contribution is -2.05. The number of hydrogen-bond acceptors (Lipinski definition) is 11. The molecular weight excluding hydrogens is 520 g/mol. The van der Waals surface area contributed by atoms with Crippen molar-refractivity contribution in [2.75, 3.05) is 0 Å². The Morgan fingerprint density at radius 2 is 1.08 bits per heavy atom. The monoisotopic (exact) mass is 536 g/mol. The van der Waals surface area contributed by atoms with Gasteiger partial charge >= 0.3 is 0 Å². The van der Waals surface area contributed by atoms with Crippen molar-refractivity contribution in [3.63, 3.8) is 0 Å². The summed E-state index contributed by atoms with van der Waals surface area (Å²) in [6.45, 7) is 0. The van der Waals surface area contributed by atoms with Crippen LogP contribution in [0.25, 0.3) is 34.3 Å². The van der Waals surface area contributed by atoms with Crippen LogP contribution in [-0.4, -0.2) is 65.9 Å². The molecular formula is C20H16N4O10S2. The number of aromatic hydroxyl groups is 4. The molecule has 6 N–H and O–H groups in total. The second-order valence-corrected chi connectivity index (χ2v) is 10.2. The Bertz CT molecular complexity index is 1640. The predicted molar refractivity (Wildman–Crippen MR) is 121 cm³/mol. The maximum atomic E-state index is 11.7. The first-order chi connectivity index (χ1) is 16.7. The van der Waals surface area contributed by atoms with Gasteiger partial charge in [-0.2, -0.15) is 16.8 Å².